The van der Waals surface area contributed by atoms with E-state index in [0.29, 0.717) is 24.4 Å². The highest BCUT2D eigenvalue weighted by atomic mass is 16.5. The van der Waals surface area contributed by atoms with Crippen LogP contribution in [0.15, 0.2) is 42.0 Å². The summed E-state index contributed by atoms with van der Waals surface area (Å²) < 4.78 is 6.27. The van der Waals surface area contributed by atoms with E-state index in [1.165, 1.54) is 11.1 Å². The lowest BCUT2D eigenvalue weighted by atomic mass is 9.56. The van der Waals surface area contributed by atoms with Gasteiger partial charge in [-0.25, -0.2) is 0 Å². The second-order valence-electron chi connectivity index (χ2n) is 7.28. The molecule has 0 aromatic heterocycles. The van der Waals surface area contributed by atoms with Crippen LogP contribution in [-0.4, -0.2) is 24.4 Å². The Labute approximate surface area is 134 Å². The normalized spacial score (nSPS) is 37.7. The Hall–Kier alpha value is -1.12. The highest BCUT2D eigenvalue weighted by Gasteiger charge is 2.52. The van der Waals surface area contributed by atoms with Crippen molar-refractivity contribution >= 4 is 0 Å². The van der Waals surface area contributed by atoms with Gasteiger partial charge >= 0.3 is 0 Å². The SMILES string of the molecule is CC1=CC(C)C2(CO)COC(CCc3ccccc3)C1C2C. The number of aliphatic hydroxyl groups excluding tert-OH is 1. The van der Waals surface area contributed by atoms with E-state index in [1.54, 1.807) is 0 Å². The molecule has 0 spiro atoms. The van der Waals surface area contributed by atoms with Gasteiger partial charge in [0.1, 0.15) is 0 Å². The van der Waals surface area contributed by atoms with Crippen molar-refractivity contribution < 1.29 is 9.84 Å². The predicted molar refractivity (Wildman–Crippen MR) is 89.6 cm³/mol. The Kier molecular flexibility index (Phi) is 4.42. The number of ether oxygens (including phenoxy) is 1. The molecule has 120 valence electrons. The standard InChI is InChI=1S/C20H28O2/c1-14-11-15(2)20(12-21)13-22-18(19(14)16(20)3)10-9-17-7-5-4-6-8-17/h4-8,11,15-16,18-19,21H,9-10,12-13H2,1-3H3. The molecule has 1 heterocycles. The summed E-state index contributed by atoms with van der Waals surface area (Å²) in [6, 6.07) is 10.6. The van der Waals surface area contributed by atoms with Crippen molar-refractivity contribution in [3.63, 3.8) is 0 Å². The van der Waals surface area contributed by atoms with Crippen LogP contribution in [0.1, 0.15) is 32.8 Å². The van der Waals surface area contributed by atoms with Crippen LogP contribution in [-0.2, 0) is 11.2 Å². The fourth-order valence-electron chi connectivity index (χ4n) is 4.63. The molecule has 0 saturated carbocycles. The van der Waals surface area contributed by atoms with Crippen molar-refractivity contribution in [2.24, 2.45) is 23.2 Å². The maximum absolute atomic E-state index is 10.0. The molecule has 1 fully saturated rings. The molecule has 2 bridgehead atoms. The Balaban J connectivity index is 1.77. The number of hydrogen-bond acceptors (Lipinski definition) is 2. The van der Waals surface area contributed by atoms with Gasteiger partial charge < -0.3 is 9.84 Å². The van der Waals surface area contributed by atoms with Gasteiger partial charge in [0.2, 0.25) is 0 Å². The lowest BCUT2D eigenvalue weighted by Crippen LogP contribution is -2.56. The van der Waals surface area contributed by atoms with Crippen LogP contribution in [0.25, 0.3) is 0 Å². The number of fused-ring (bicyclic) bond motifs is 2. The van der Waals surface area contributed by atoms with Gasteiger partial charge in [0.15, 0.2) is 0 Å². The third-order valence-electron chi connectivity index (χ3n) is 6.21. The molecule has 0 radical (unpaired) electrons. The maximum Gasteiger partial charge on any atom is 0.0646 e. The monoisotopic (exact) mass is 300 g/mol. The molecule has 1 aliphatic heterocycles. The van der Waals surface area contributed by atoms with Crippen molar-refractivity contribution in [1.82, 2.24) is 0 Å². The number of aliphatic hydroxyl groups is 1. The lowest BCUT2D eigenvalue weighted by molar-refractivity contribution is -0.164. The highest BCUT2D eigenvalue weighted by Crippen LogP contribution is 2.52. The van der Waals surface area contributed by atoms with Crippen molar-refractivity contribution in [2.75, 3.05) is 13.2 Å². The second-order valence-corrected chi connectivity index (χ2v) is 7.28. The molecule has 5 atom stereocenters. The lowest BCUT2D eigenvalue weighted by Gasteiger charge is -2.55. The first-order chi connectivity index (χ1) is 10.6. The summed E-state index contributed by atoms with van der Waals surface area (Å²) in [7, 11) is 0. The van der Waals surface area contributed by atoms with Gasteiger partial charge in [-0.3, -0.25) is 0 Å². The molecule has 0 amide bonds. The van der Waals surface area contributed by atoms with Crippen LogP contribution in [0.2, 0.25) is 0 Å². The molecule has 3 rings (SSSR count). The third kappa shape index (κ3) is 2.53. The fraction of sp³-hybridized carbons (Fsp3) is 0.600. The number of rotatable bonds is 4. The molecule has 1 aliphatic carbocycles. The zero-order valence-electron chi connectivity index (χ0n) is 14.0. The molecule has 2 aliphatic rings. The van der Waals surface area contributed by atoms with Crippen LogP contribution in [0, 0.1) is 23.2 Å². The predicted octanol–water partition coefficient (Wildman–Crippen LogP) is 3.85. The average molecular weight is 300 g/mol. The largest absolute Gasteiger partial charge is 0.396 e. The summed E-state index contributed by atoms with van der Waals surface area (Å²) in [5, 5.41) is 10.0. The first-order valence-corrected chi connectivity index (χ1v) is 8.53. The maximum atomic E-state index is 10.0. The molecular weight excluding hydrogens is 272 g/mol. The first-order valence-electron chi connectivity index (χ1n) is 8.53. The minimum Gasteiger partial charge on any atom is -0.396 e. The van der Waals surface area contributed by atoms with Gasteiger partial charge in [0.05, 0.1) is 19.3 Å². The van der Waals surface area contributed by atoms with Gasteiger partial charge in [-0.15, -0.1) is 0 Å². The fourth-order valence-corrected chi connectivity index (χ4v) is 4.63. The number of aryl methyl sites for hydroxylation is 1. The van der Waals surface area contributed by atoms with E-state index in [9.17, 15) is 5.11 Å². The van der Waals surface area contributed by atoms with Gasteiger partial charge in [0, 0.05) is 11.3 Å². The van der Waals surface area contributed by atoms with Crippen LogP contribution in [0.5, 0.6) is 0 Å². The summed E-state index contributed by atoms with van der Waals surface area (Å²) in [6.45, 7) is 7.68. The zero-order valence-corrected chi connectivity index (χ0v) is 14.0. The van der Waals surface area contributed by atoms with Gasteiger partial charge in [-0.2, -0.15) is 0 Å². The minimum absolute atomic E-state index is 0.0899. The second kappa shape index (κ2) is 6.17. The molecule has 1 saturated heterocycles. The van der Waals surface area contributed by atoms with Gasteiger partial charge in [-0.05, 0) is 37.2 Å². The number of allylic oxidation sites excluding steroid dienone is 1. The quantitative estimate of drug-likeness (QED) is 0.856. The van der Waals surface area contributed by atoms with Gasteiger partial charge in [0.25, 0.3) is 0 Å². The Morgan fingerprint density at radius 1 is 1.23 bits per heavy atom. The summed E-state index contributed by atoms with van der Waals surface area (Å²) in [4.78, 5) is 0. The van der Waals surface area contributed by atoms with E-state index in [0.717, 1.165) is 12.8 Å². The third-order valence-corrected chi connectivity index (χ3v) is 6.21. The zero-order chi connectivity index (χ0) is 15.7. The molecular formula is C20H28O2. The van der Waals surface area contributed by atoms with Crippen molar-refractivity contribution in [2.45, 2.75) is 39.7 Å². The van der Waals surface area contributed by atoms with Crippen molar-refractivity contribution in [3.05, 3.63) is 47.5 Å². The number of benzene rings is 1. The molecule has 5 unspecified atom stereocenters. The summed E-state index contributed by atoms with van der Waals surface area (Å²) in [6.07, 6.45) is 4.77. The van der Waals surface area contributed by atoms with Crippen molar-refractivity contribution in [3.8, 4) is 0 Å². The first kappa shape index (κ1) is 15.8. The van der Waals surface area contributed by atoms with Crippen LogP contribution >= 0.6 is 0 Å². The van der Waals surface area contributed by atoms with E-state index >= 15 is 0 Å². The van der Waals surface area contributed by atoms with E-state index in [1.807, 2.05) is 0 Å². The van der Waals surface area contributed by atoms with E-state index in [-0.39, 0.29) is 18.1 Å². The molecule has 1 aromatic rings. The molecule has 1 N–H and O–H groups in total. The van der Waals surface area contributed by atoms with Gasteiger partial charge in [-0.1, -0.05) is 55.8 Å². The van der Waals surface area contributed by atoms with Crippen LogP contribution in [0.4, 0.5) is 0 Å². The van der Waals surface area contributed by atoms with E-state index in [2.05, 4.69) is 57.2 Å². The van der Waals surface area contributed by atoms with E-state index < -0.39 is 0 Å². The summed E-state index contributed by atoms with van der Waals surface area (Å²) in [5.41, 5.74) is 2.73. The summed E-state index contributed by atoms with van der Waals surface area (Å²) >= 11 is 0. The number of hydrogen-bond donors (Lipinski definition) is 1. The Morgan fingerprint density at radius 2 is 1.95 bits per heavy atom. The highest BCUT2D eigenvalue weighted by molar-refractivity contribution is 5.21. The van der Waals surface area contributed by atoms with Crippen molar-refractivity contribution in [1.29, 1.82) is 0 Å². The molecule has 2 heteroatoms. The van der Waals surface area contributed by atoms with Crippen LogP contribution < -0.4 is 0 Å². The van der Waals surface area contributed by atoms with Crippen LogP contribution in [0.3, 0.4) is 0 Å². The van der Waals surface area contributed by atoms with E-state index in [4.69, 9.17) is 4.74 Å². The smallest absolute Gasteiger partial charge is 0.0646 e. The minimum atomic E-state index is -0.0899. The average Bonchev–Trinajstić information content (AvgIpc) is 2.52. The Morgan fingerprint density at radius 3 is 2.64 bits per heavy atom. The Bertz CT molecular complexity index is 536. The summed E-state index contributed by atoms with van der Waals surface area (Å²) in [5.74, 6) is 1.31. The molecule has 2 nitrogen and oxygen atoms in total. The molecule has 22 heavy (non-hydrogen) atoms. The molecule has 1 aromatic carbocycles. The topological polar surface area (TPSA) is 29.5 Å².